The number of rotatable bonds is 8. The Morgan fingerprint density at radius 3 is 2.23 bits per heavy atom. The standard InChI is InChI=1S/C20H22O2/c1-2-3-10-15-22-19(16-17-11-6-4-7-12-17)20(21)18-13-8-5-9-14-18/h4-9,11-14,16H,2-3,10,15H2,1H3/b19-16-. The molecule has 2 nitrogen and oxygen atoms in total. The number of hydrogen-bond acceptors (Lipinski definition) is 2. The third-order valence-corrected chi connectivity index (χ3v) is 3.36. The Kier molecular flexibility index (Phi) is 6.43. The summed E-state index contributed by atoms with van der Waals surface area (Å²) in [5.41, 5.74) is 1.62. The largest absolute Gasteiger partial charge is 0.489 e. The van der Waals surface area contributed by atoms with E-state index in [0.717, 1.165) is 24.8 Å². The second kappa shape index (κ2) is 8.83. The molecule has 2 aromatic rings. The lowest BCUT2D eigenvalue weighted by atomic mass is 10.1. The Morgan fingerprint density at radius 2 is 1.59 bits per heavy atom. The van der Waals surface area contributed by atoms with Crippen LogP contribution in [0, 0.1) is 0 Å². The highest BCUT2D eigenvalue weighted by Gasteiger charge is 2.13. The van der Waals surface area contributed by atoms with Crippen molar-refractivity contribution in [3.05, 3.63) is 77.5 Å². The first kappa shape index (κ1) is 16.0. The summed E-state index contributed by atoms with van der Waals surface area (Å²) in [5, 5.41) is 0. The van der Waals surface area contributed by atoms with Gasteiger partial charge in [0.25, 0.3) is 0 Å². The molecule has 0 aliphatic carbocycles. The molecule has 0 radical (unpaired) electrons. The van der Waals surface area contributed by atoms with Gasteiger partial charge < -0.3 is 4.74 Å². The van der Waals surface area contributed by atoms with Gasteiger partial charge in [0.2, 0.25) is 5.78 Å². The van der Waals surface area contributed by atoms with Gasteiger partial charge in [-0.15, -0.1) is 0 Å². The van der Waals surface area contributed by atoms with Crippen molar-refractivity contribution < 1.29 is 9.53 Å². The van der Waals surface area contributed by atoms with E-state index < -0.39 is 0 Å². The van der Waals surface area contributed by atoms with E-state index in [-0.39, 0.29) is 5.78 Å². The molecule has 2 aromatic carbocycles. The molecule has 0 aliphatic rings. The highest BCUT2D eigenvalue weighted by atomic mass is 16.5. The molecule has 0 bridgehead atoms. The molecular formula is C20H22O2. The van der Waals surface area contributed by atoms with Crippen LogP contribution >= 0.6 is 0 Å². The van der Waals surface area contributed by atoms with Crippen molar-refractivity contribution in [3.8, 4) is 0 Å². The van der Waals surface area contributed by atoms with Gasteiger partial charge in [0.05, 0.1) is 6.61 Å². The molecule has 0 fully saturated rings. The van der Waals surface area contributed by atoms with E-state index in [1.165, 1.54) is 0 Å². The first-order valence-corrected chi connectivity index (χ1v) is 7.80. The number of carbonyl (C=O) groups is 1. The molecule has 2 rings (SSSR count). The van der Waals surface area contributed by atoms with Crippen LogP contribution in [0.3, 0.4) is 0 Å². The lowest BCUT2D eigenvalue weighted by Gasteiger charge is -2.10. The molecule has 22 heavy (non-hydrogen) atoms. The number of Topliss-reactive ketones (excluding diaryl/α,β-unsaturated/α-hetero) is 1. The third kappa shape index (κ3) is 4.88. The van der Waals surface area contributed by atoms with E-state index in [2.05, 4.69) is 6.92 Å². The SMILES string of the molecule is CCCCCO/C(=C\c1ccccc1)C(=O)c1ccccc1. The number of ether oxygens (including phenoxy) is 1. The summed E-state index contributed by atoms with van der Waals surface area (Å²) in [6.45, 7) is 2.72. The smallest absolute Gasteiger partial charge is 0.227 e. The number of hydrogen-bond donors (Lipinski definition) is 0. The quantitative estimate of drug-likeness (QED) is 0.292. The van der Waals surface area contributed by atoms with Gasteiger partial charge in [0.1, 0.15) is 0 Å². The molecule has 0 spiro atoms. The normalized spacial score (nSPS) is 11.2. The number of allylic oxidation sites excluding steroid dienone is 1. The molecule has 0 aromatic heterocycles. The maximum atomic E-state index is 12.6. The molecule has 0 saturated heterocycles. The predicted octanol–water partition coefficient (Wildman–Crippen LogP) is 5.12. The summed E-state index contributed by atoms with van der Waals surface area (Å²) < 4.78 is 5.78. The zero-order valence-electron chi connectivity index (χ0n) is 13.0. The van der Waals surface area contributed by atoms with Crippen LogP contribution < -0.4 is 0 Å². The predicted molar refractivity (Wildman–Crippen MR) is 90.7 cm³/mol. The van der Waals surface area contributed by atoms with Gasteiger partial charge in [0.15, 0.2) is 5.76 Å². The van der Waals surface area contributed by atoms with E-state index in [1.54, 1.807) is 0 Å². The lowest BCUT2D eigenvalue weighted by molar-refractivity contribution is 0.0919. The van der Waals surface area contributed by atoms with Crippen molar-refractivity contribution in [3.63, 3.8) is 0 Å². The van der Waals surface area contributed by atoms with Crippen molar-refractivity contribution in [1.29, 1.82) is 0 Å². The van der Waals surface area contributed by atoms with Gasteiger partial charge in [-0.1, -0.05) is 80.4 Å². The monoisotopic (exact) mass is 294 g/mol. The molecular weight excluding hydrogens is 272 g/mol. The fourth-order valence-electron chi connectivity index (χ4n) is 2.14. The Labute approximate surface area is 132 Å². The van der Waals surface area contributed by atoms with Crippen LogP contribution in [-0.4, -0.2) is 12.4 Å². The minimum absolute atomic E-state index is 0.0686. The summed E-state index contributed by atoms with van der Waals surface area (Å²) in [7, 11) is 0. The summed E-state index contributed by atoms with van der Waals surface area (Å²) >= 11 is 0. The molecule has 0 aliphatic heterocycles. The number of ketones is 1. The first-order valence-electron chi connectivity index (χ1n) is 7.80. The lowest BCUT2D eigenvalue weighted by Crippen LogP contribution is -2.08. The topological polar surface area (TPSA) is 26.3 Å². The van der Waals surface area contributed by atoms with Crippen molar-refractivity contribution in [1.82, 2.24) is 0 Å². The van der Waals surface area contributed by atoms with Crippen LogP contribution in [-0.2, 0) is 4.74 Å². The zero-order chi connectivity index (χ0) is 15.6. The van der Waals surface area contributed by atoms with Crippen molar-refractivity contribution >= 4 is 11.9 Å². The van der Waals surface area contributed by atoms with Crippen LogP contribution in [0.25, 0.3) is 6.08 Å². The van der Waals surface area contributed by atoms with E-state index >= 15 is 0 Å². The summed E-state index contributed by atoms with van der Waals surface area (Å²) in [5.74, 6) is 0.342. The molecule has 0 atom stereocenters. The van der Waals surface area contributed by atoms with Crippen molar-refractivity contribution in [2.45, 2.75) is 26.2 Å². The van der Waals surface area contributed by atoms with Gasteiger partial charge in [-0.05, 0) is 18.1 Å². The average Bonchev–Trinajstić information content (AvgIpc) is 2.59. The molecule has 0 saturated carbocycles. The van der Waals surface area contributed by atoms with Gasteiger partial charge in [-0.25, -0.2) is 0 Å². The fourth-order valence-corrected chi connectivity index (χ4v) is 2.14. The van der Waals surface area contributed by atoms with E-state index in [0.29, 0.717) is 17.9 Å². The minimum atomic E-state index is -0.0686. The van der Waals surface area contributed by atoms with Crippen LogP contribution in [0.5, 0.6) is 0 Å². The van der Waals surface area contributed by atoms with E-state index in [4.69, 9.17) is 4.74 Å². The zero-order valence-corrected chi connectivity index (χ0v) is 13.0. The highest BCUT2D eigenvalue weighted by molar-refractivity contribution is 6.09. The number of unbranched alkanes of at least 4 members (excludes halogenated alkanes) is 2. The van der Waals surface area contributed by atoms with Gasteiger partial charge in [-0.2, -0.15) is 0 Å². The highest BCUT2D eigenvalue weighted by Crippen LogP contribution is 2.15. The fraction of sp³-hybridized carbons (Fsp3) is 0.250. The molecule has 0 unspecified atom stereocenters. The second-order valence-corrected chi connectivity index (χ2v) is 5.17. The van der Waals surface area contributed by atoms with Gasteiger partial charge in [0, 0.05) is 5.56 Å². The maximum Gasteiger partial charge on any atom is 0.227 e. The molecule has 0 heterocycles. The first-order chi connectivity index (χ1) is 10.8. The second-order valence-electron chi connectivity index (χ2n) is 5.17. The Bertz CT molecular complexity index is 600. The Morgan fingerprint density at radius 1 is 0.955 bits per heavy atom. The minimum Gasteiger partial charge on any atom is -0.489 e. The van der Waals surface area contributed by atoms with E-state index in [1.807, 2.05) is 66.7 Å². The molecule has 0 N–H and O–H groups in total. The average molecular weight is 294 g/mol. The van der Waals surface area contributed by atoms with Crippen LogP contribution in [0.1, 0.15) is 42.1 Å². The van der Waals surface area contributed by atoms with Crippen LogP contribution in [0.15, 0.2) is 66.4 Å². The number of benzene rings is 2. The summed E-state index contributed by atoms with van der Waals surface area (Å²) in [6.07, 6.45) is 5.03. The Balaban J connectivity index is 2.17. The third-order valence-electron chi connectivity index (χ3n) is 3.36. The number of carbonyl (C=O) groups excluding carboxylic acids is 1. The van der Waals surface area contributed by atoms with Crippen molar-refractivity contribution in [2.75, 3.05) is 6.61 Å². The van der Waals surface area contributed by atoms with Crippen LogP contribution in [0.2, 0.25) is 0 Å². The molecule has 0 amide bonds. The molecule has 114 valence electrons. The van der Waals surface area contributed by atoms with Crippen molar-refractivity contribution in [2.24, 2.45) is 0 Å². The van der Waals surface area contributed by atoms with Gasteiger partial charge in [-0.3, -0.25) is 4.79 Å². The van der Waals surface area contributed by atoms with Crippen LogP contribution in [0.4, 0.5) is 0 Å². The van der Waals surface area contributed by atoms with E-state index in [9.17, 15) is 4.79 Å². The maximum absolute atomic E-state index is 12.6. The molecule has 2 heteroatoms. The summed E-state index contributed by atoms with van der Waals surface area (Å²) in [6, 6.07) is 19.1. The summed E-state index contributed by atoms with van der Waals surface area (Å²) in [4.78, 5) is 12.6. The van der Waals surface area contributed by atoms with Gasteiger partial charge >= 0.3 is 0 Å². The Hall–Kier alpha value is -2.35.